The minimum atomic E-state index is -0.919. The van der Waals surface area contributed by atoms with E-state index < -0.39 is 6.09 Å². The van der Waals surface area contributed by atoms with Crippen molar-refractivity contribution >= 4 is 50.2 Å². The average Bonchev–Trinajstić information content (AvgIpc) is 2.71. The van der Waals surface area contributed by atoms with Crippen molar-refractivity contribution in [2.75, 3.05) is 19.0 Å². The molecule has 0 saturated heterocycles. The van der Waals surface area contributed by atoms with Crippen molar-refractivity contribution in [2.24, 2.45) is 0 Å². The third-order valence-electron chi connectivity index (χ3n) is 5.06. The van der Waals surface area contributed by atoms with Gasteiger partial charge in [-0.3, -0.25) is 4.98 Å². The molecule has 3 aromatic rings. The number of methoxy groups -OCH3 is 1. The zero-order valence-corrected chi connectivity index (χ0v) is 18.0. The molecule has 0 saturated carbocycles. The maximum absolute atomic E-state index is 11.5. The Hall–Kier alpha value is -2.51. The number of aromatic nitrogens is 1. The maximum Gasteiger partial charge on any atom is 0.407 e. The number of fused-ring (bicyclic) bond motifs is 2. The second-order valence-electron chi connectivity index (χ2n) is 6.85. The first kappa shape index (κ1) is 19.8. The second kappa shape index (κ2) is 8.08. The van der Waals surface area contributed by atoms with E-state index in [0.29, 0.717) is 36.8 Å². The van der Waals surface area contributed by atoms with Gasteiger partial charge in [0, 0.05) is 40.6 Å². The van der Waals surface area contributed by atoms with Crippen LogP contribution in [-0.2, 0) is 19.5 Å². The zero-order valence-electron chi connectivity index (χ0n) is 15.7. The summed E-state index contributed by atoms with van der Waals surface area (Å²) in [6.45, 7) is 1.30. The van der Waals surface area contributed by atoms with Crippen LogP contribution in [0.1, 0.15) is 16.8 Å². The van der Waals surface area contributed by atoms with Gasteiger partial charge in [-0.05, 0) is 35.9 Å². The Morgan fingerprint density at radius 3 is 2.90 bits per heavy atom. The van der Waals surface area contributed by atoms with E-state index in [-0.39, 0.29) is 0 Å². The van der Waals surface area contributed by atoms with Crippen LogP contribution in [0, 0.1) is 0 Å². The van der Waals surface area contributed by atoms with Crippen LogP contribution < -0.4 is 10.1 Å². The number of rotatable bonds is 4. The predicted octanol–water partition coefficient (Wildman–Crippen LogP) is 5.31. The van der Waals surface area contributed by atoms with Crippen LogP contribution in [0.5, 0.6) is 5.75 Å². The summed E-state index contributed by atoms with van der Waals surface area (Å²) in [6.07, 6.45) is -0.325. The number of halogens is 2. The molecule has 0 aliphatic carbocycles. The number of hydrogen-bond donors (Lipinski definition) is 2. The normalized spacial score (nSPS) is 13.3. The van der Waals surface area contributed by atoms with E-state index in [1.807, 2.05) is 36.4 Å². The fourth-order valence-electron chi connectivity index (χ4n) is 3.59. The Labute approximate surface area is 181 Å². The van der Waals surface area contributed by atoms with Gasteiger partial charge >= 0.3 is 6.09 Å². The molecule has 1 aliphatic rings. The van der Waals surface area contributed by atoms with Crippen LogP contribution in [0.4, 0.5) is 10.5 Å². The molecular formula is C21H19BrClN3O3. The predicted molar refractivity (Wildman–Crippen MR) is 117 cm³/mol. The van der Waals surface area contributed by atoms with Crippen molar-refractivity contribution < 1.29 is 14.6 Å². The first-order valence-corrected chi connectivity index (χ1v) is 10.3. The van der Waals surface area contributed by atoms with Gasteiger partial charge in [0.2, 0.25) is 0 Å². The van der Waals surface area contributed by atoms with Crippen LogP contribution in [0.3, 0.4) is 0 Å². The van der Waals surface area contributed by atoms with Crippen LogP contribution >= 0.6 is 27.5 Å². The summed E-state index contributed by atoms with van der Waals surface area (Å²) in [5.74, 6) is 0.628. The van der Waals surface area contributed by atoms with Gasteiger partial charge < -0.3 is 20.1 Å². The van der Waals surface area contributed by atoms with E-state index in [2.05, 4.69) is 21.2 Å². The van der Waals surface area contributed by atoms with Crippen molar-refractivity contribution in [3.63, 3.8) is 0 Å². The second-order valence-corrected chi connectivity index (χ2v) is 8.17. The minimum absolute atomic E-state index is 0.311. The Balaban J connectivity index is 1.75. The van der Waals surface area contributed by atoms with E-state index in [4.69, 9.17) is 21.3 Å². The molecule has 0 bridgehead atoms. The number of nitrogens with one attached hydrogen (secondary N) is 1. The number of anilines is 1. The molecule has 0 unspecified atom stereocenters. The largest absolute Gasteiger partial charge is 0.495 e. The van der Waals surface area contributed by atoms with Crippen LogP contribution in [-0.4, -0.2) is 34.7 Å². The standard InChI is InChI=1S/C21H19BrClN3O3/c1-29-19-5-2-12(8-16(19)23)10-24-20-14-9-13(22)3-4-17(14)25-18-6-7-26(21(27)28)11-15(18)20/h2-5,8-9H,6-7,10-11H2,1H3,(H,24,25)(H,27,28). The highest BCUT2D eigenvalue weighted by Crippen LogP contribution is 2.34. The molecule has 2 N–H and O–H groups in total. The maximum atomic E-state index is 11.5. The third kappa shape index (κ3) is 3.97. The number of amides is 1. The Kier molecular flexibility index (Phi) is 5.52. The number of ether oxygens (including phenoxy) is 1. The van der Waals surface area contributed by atoms with Gasteiger partial charge in [0.15, 0.2) is 0 Å². The van der Waals surface area contributed by atoms with E-state index in [1.54, 1.807) is 7.11 Å². The number of hydrogen-bond acceptors (Lipinski definition) is 4. The van der Waals surface area contributed by atoms with Gasteiger partial charge in [0.25, 0.3) is 0 Å². The lowest BCUT2D eigenvalue weighted by Crippen LogP contribution is -2.35. The topological polar surface area (TPSA) is 74.7 Å². The number of carboxylic acid groups (broad SMARTS) is 1. The molecule has 0 atom stereocenters. The monoisotopic (exact) mass is 475 g/mol. The van der Waals surface area contributed by atoms with Crippen molar-refractivity contribution in [2.45, 2.75) is 19.5 Å². The molecule has 0 fully saturated rings. The molecule has 150 valence electrons. The van der Waals surface area contributed by atoms with Crippen LogP contribution in [0.15, 0.2) is 40.9 Å². The van der Waals surface area contributed by atoms with Crippen molar-refractivity contribution in [3.8, 4) is 5.75 Å². The van der Waals surface area contributed by atoms with E-state index >= 15 is 0 Å². The van der Waals surface area contributed by atoms with E-state index in [1.165, 1.54) is 4.90 Å². The Bertz CT molecular complexity index is 1110. The molecule has 1 aliphatic heterocycles. The number of nitrogens with zero attached hydrogens (tertiary/aromatic N) is 2. The highest BCUT2D eigenvalue weighted by atomic mass is 79.9. The molecule has 29 heavy (non-hydrogen) atoms. The van der Waals surface area contributed by atoms with Gasteiger partial charge in [-0.1, -0.05) is 33.6 Å². The fourth-order valence-corrected chi connectivity index (χ4v) is 4.23. The number of benzene rings is 2. The zero-order chi connectivity index (χ0) is 20.5. The van der Waals surface area contributed by atoms with Gasteiger partial charge in [-0.15, -0.1) is 0 Å². The molecule has 0 spiro atoms. The number of carbonyl (C=O) groups is 1. The summed E-state index contributed by atoms with van der Waals surface area (Å²) < 4.78 is 6.15. The molecule has 2 heterocycles. The van der Waals surface area contributed by atoms with Crippen LogP contribution in [0.2, 0.25) is 5.02 Å². The SMILES string of the molecule is COc1ccc(CNc2c3c(nc4ccc(Br)cc24)CCN(C(=O)O)C3)cc1Cl. The third-order valence-corrected chi connectivity index (χ3v) is 5.85. The van der Waals surface area contributed by atoms with E-state index in [0.717, 1.165) is 37.9 Å². The van der Waals surface area contributed by atoms with Gasteiger partial charge in [0.1, 0.15) is 5.75 Å². The summed E-state index contributed by atoms with van der Waals surface area (Å²) in [5, 5.41) is 14.5. The fraction of sp³-hybridized carbons (Fsp3) is 0.238. The Morgan fingerprint density at radius 1 is 1.34 bits per heavy atom. The van der Waals surface area contributed by atoms with E-state index in [9.17, 15) is 9.90 Å². The van der Waals surface area contributed by atoms with Gasteiger partial charge in [-0.25, -0.2) is 4.79 Å². The quantitative estimate of drug-likeness (QED) is 0.534. The molecule has 8 heteroatoms. The lowest BCUT2D eigenvalue weighted by atomic mass is 10.00. The molecule has 2 aromatic carbocycles. The summed E-state index contributed by atoms with van der Waals surface area (Å²) in [7, 11) is 1.58. The molecule has 1 aromatic heterocycles. The van der Waals surface area contributed by atoms with Crippen LogP contribution in [0.25, 0.3) is 10.9 Å². The molecule has 0 radical (unpaired) electrons. The first-order chi connectivity index (χ1) is 14.0. The summed E-state index contributed by atoms with van der Waals surface area (Å²) in [4.78, 5) is 17.7. The lowest BCUT2D eigenvalue weighted by Gasteiger charge is -2.28. The van der Waals surface area contributed by atoms with Crippen molar-refractivity contribution in [1.82, 2.24) is 9.88 Å². The van der Waals surface area contributed by atoms with Crippen molar-refractivity contribution in [3.05, 3.63) is 62.7 Å². The van der Waals surface area contributed by atoms with Gasteiger partial charge in [-0.2, -0.15) is 0 Å². The molecule has 1 amide bonds. The molecular weight excluding hydrogens is 458 g/mol. The van der Waals surface area contributed by atoms with Crippen molar-refractivity contribution in [1.29, 1.82) is 0 Å². The smallest absolute Gasteiger partial charge is 0.407 e. The minimum Gasteiger partial charge on any atom is -0.495 e. The lowest BCUT2D eigenvalue weighted by molar-refractivity contribution is 0.139. The highest BCUT2D eigenvalue weighted by Gasteiger charge is 2.25. The van der Waals surface area contributed by atoms with Gasteiger partial charge in [0.05, 0.1) is 29.9 Å². The Morgan fingerprint density at radius 2 is 2.17 bits per heavy atom. The summed E-state index contributed by atoms with van der Waals surface area (Å²) >= 11 is 9.78. The molecule has 4 rings (SSSR count). The average molecular weight is 477 g/mol. The summed E-state index contributed by atoms with van der Waals surface area (Å²) in [6, 6.07) is 11.6. The molecule has 6 nitrogen and oxygen atoms in total. The highest BCUT2D eigenvalue weighted by molar-refractivity contribution is 9.10. The first-order valence-electron chi connectivity index (χ1n) is 9.11. The number of pyridine rings is 1. The summed E-state index contributed by atoms with van der Waals surface area (Å²) in [5.41, 5.74) is 4.64.